The third-order valence-electron chi connectivity index (χ3n) is 4.52. The van der Waals surface area contributed by atoms with Gasteiger partial charge in [-0.3, -0.25) is 4.79 Å². The summed E-state index contributed by atoms with van der Waals surface area (Å²) in [6.45, 7) is 12.2. The van der Waals surface area contributed by atoms with Crippen LogP contribution in [0.5, 0.6) is 11.5 Å². The fourth-order valence-electron chi connectivity index (χ4n) is 2.87. The number of rotatable bonds is 8. The third-order valence-corrected chi connectivity index (χ3v) is 5.55. The van der Waals surface area contributed by atoms with Crippen LogP contribution < -0.4 is 9.47 Å². The van der Waals surface area contributed by atoms with Crippen molar-refractivity contribution in [3.63, 3.8) is 0 Å². The number of halogens is 2. The molecule has 0 amide bonds. The van der Waals surface area contributed by atoms with E-state index >= 15 is 0 Å². The first-order valence-electron chi connectivity index (χ1n) is 11.5. The van der Waals surface area contributed by atoms with Crippen LogP contribution in [0.15, 0.2) is 63.1 Å². The second kappa shape index (κ2) is 18.0. The van der Waals surface area contributed by atoms with Crippen LogP contribution in [0.4, 0.5) is 0 Å². The van der Waals surface area contributed by atoms with Gasteiger partial charge in [-0.1, -0.05) is 51.3 Å². The highest BCUT2D eigenvalue weighted by molar-refractivity contribution is 9.10. The molecule has 0 saturated carbocycles. The minimum absolute atomic E-state index is 0.190. The molecule has 6 nitrogen and oxygen atoms in total. The van der Waals surface area contributed by atoms with Crippen molar-refractivity contribution in [3.8, 4) is 11.5 Å². The van der Waals surface area contributed by atoms with Crippen molar-refractivity contribution in [2.24, 2.45) is 0 Å². The van der Waals surface area contributed by atoms with E-state index < -0.39 is 0 Å². The van der Waals surface area contributed by atoms with Crippen molar-refractivity contribution in [1.29, 1.82) is 0 Å². The van der Waals surface area contributed by atoms with Crippen molar-refractivity contribution in [2.75, 3.05) is 27.4 Å². The lowest BCUT2D eigenvalue weighted by molar-refractivity contribution is -0.144. The van der Waals surface area contributed by atoms with E-state index in [1.54, 1.807) is 21.1 Å². The smallest absolute Gasteiger partial charge is 0.330 e. The molecule has 0 saturated heterocycles. The molecule has 0 radical (unpaired) electrons. The van der Waals surface area contributed by atoms with E-state index in [9.17, 15) is 9.59 Å². The summed E-state index contributed by atoms with van der Waals surface area (Å²) in [6.07, 6.45) is 1.80. The molecule has 0 unspecified atom stereocenters. The summed E-state index contributed by atoms with van der Waals surface area (Å²) in [7, 11) is 3.29. The number of benzene rings is 2. The topological polar surface area (TPSA) is 71.1 Å². The molecular formula is C28H38Br2O6. The van der Waals surface area contributed by atoms with Gasteiger partial charge in [0.15, 0.2) is 0 Å². The van der Waals surface area contributed by atoms with Crippen LogP contribution in [-0.4, -0.2) is 39.4 Å². The molecule has 200 valence electrons. The summed E-state index contributed by atoms with van der Waals surface area (Å²) in [5.74, 6) is 1.23. The van der Waals surface area contributed by atoms with Gasteiger partial charge in [0.1, 0.15) is 11.5 Å². The van der Waals surface area contributed by atoms with Gasteiger partial charge < -0.3 is 18.9 Å². The Kier molecular flexibility index (Phi) is 16.8. The largest absolute Gasteiger partial charge is 0.497 e. The van der Waals surface area contributed by atoms with E-state index in [1.165, 1.54) is 6.08 Å². The van der Waals surface area contributed by atoms with E-state index in [1.807, 2.05) is 77.1 Å². The summed E-state index contributed by atoms with van der Waals surface area (Å²) < 4.78 is 22.0. The molecule has 0 N–H and O–H groups in total. The van der Waals surface area contributed by atoms with Crippen LogP contribution in [0.2, 0.25) is 0 Å². The zero-order valence-electron chi connectivity index (χ0n) is 22.4. The van der Waals surface area contributed by atoms with E-state index in [4.69, 9.17) is 14.2 Å². The molecule has 0 aliphatic rings. The fraction of sp³-hybridized carbons (Fsp3) is 0.429. The van der Waals surface area contributed by atoms with Gasteiger partial charge in [-0.05, 0) is 70.2 Å². The Hall–Kier alpha value is -2.32. The number of allylic oxidation sites excluding steroid dienone is 1. The lowest BCUT2D eigenvalue weighted by Crippen LogP contribution is -2.24. The summed E-state index contributed by atoms with van der Waals surface area (Å²) in [6, 6.07) is 13.5. The molecule has 0 heterocycles. The maximum absolute atomic E-state index is 11.6. The summed E-state index contributed by atoms with van der Waals surface area (Å²) in [5.41, 5.74) is 1.63. The molecule has 0 aliphatic carbocycles. The summed E-state index contributed by atoms with van der Waals surface area (Å²) >= 11 is 6.76. The van der Waals surface area contributed by atoms with E-state index in [0.29, 0.717) is 19.6 Å². The first kappa shape index (κ1) is 33.7. The quantitative estimate of drug-likeness (QED) is 0.220. The van der Waals surface area contributed by atoms with E-state index in [-0.39, 0.29) is 17.4 Å². The van der Waals surface area contributed by atoms with Crippen LogP contribution in [0.25, 0.3) is 0 Å². The van der Waals surface area contributed by atoms with Gasteiger partial charge >= 0.3 is 11.9 Å². The van der Waals surface area contributed by atoms with Crippen molar-refractivity contribution in [1.82, 2.24) is 0 Å². The normalized spacial score (nSPS) is 9.94. The Morgan fingerprint density at radius 3 is 1.89 bits per heavy atom. The highest BCUT2D eigenvalue weighted by Crippen LogP contribution is 2.36. The molecule has 2 aromatic rings. The lowest BCUT2D eigenvalue weighted by Gasteiger charge is -2.26. The highest BCUT2D eigenvalue weighted by atomic mass is 79.9. The monoisotopic (exact) mass is 628 g/mol. The number of ether oxygens (including phenoxy) is 4. The number of methoxy groups -OCH3 is 2. The average molecular weight is 630 g/mol. The Labute approximate surface area is 232 Å². The fourth-order valence-corrected chi connectivity index (χ4v) is 3.49. The zero-order valence-corrected chi connectivity index (χ0v) is 25.6. The first-order valence-corrected chi connectivity index (χ1v) is 13.1. The number of esters is 2. The van der Waals surface area contributed by atoms with Crippen molar-refractivity contribution >= 4 is 43.8 Å². The van der Waals surface area contributed by atoms with Crippen LogP contribution in [0.1, 0.15) is 53.5 Å². The van der Waals surface area contributed by atoms with Crippen LogP contribution in [0.3, 0.4) is 0 Å². The van der Waals surface area contributed by atoms with Crippen molar-refractivity contribution < 1.29 is 28.5 Å². The van der Waals surface area contributed by atoms with Gasteiger partial charge in [-0.15, -0.1) is 0 Å². The van der Waals surface area contributed by atoms with Gasteiger partial charge in [0.05, 0.1) is 33.9 Å². The molecular weight excluding hydrogens is 592 g/mol. The first-order chi connectivity index (χ1) is 16.9. The maximum Gasteiger partial charge on any atom is 0.330 e. The number of hydrogen-bond donors (Lipinski definition) is 0. The van der Waals surface area contributed by atoms with Gasteiger partial charge in [-0.2, -0.15) is 0 Å². The van der Waals surface area contributed by atoms with E-state index in [2.05, 4.69) is 36.6 Å². The highest BCUT2D eigenvalue weighted by Gasteiger charge is 2.28. The van der Waals surface area contributed by atoms with Crippen molar-refractivity contribution in [3.05, 3.63) is 68.6 Å². The second-order valence-corrected chi connectivity index (χ2v) is 10.2. The minimum Gasteiger partial charge on any atom is -0.497 e. The second-order valence-electron chi connectivity index (χ2n) is 8.34. The van der Waals surface area contributed by atoms with Crippen LogP contribution in [-0.2, 0) is 24.5 Å². The van der Waals surface area contributed by atoms with E-state index in [0.717, 1.165) is 31.6 Å². The third kappa shape index (κ3) is 14.3. The zero-order chi connectivity index (χ0) is 27.7. The molecule has 0 aromatic heterocycles. The average Bonchev–Trinajstić information content (AvgIpc) is 2.80. The molecule has 0 aliphatic heterocycles. The molecule has 2 rings (SSSR count). The molecule has 2 aromatic carbocycles. The molecule has 36 heavy (non-hydrogen) atoms. The van der Waals surface area contributed by atoms with Crippen LogP contribution >= 0.6 is 31.9 Å². The number of carbonyl (C=O) groups is 2. The van der Waals surface area contributed by atoms with Gasteiger partial charge in [0.25, 0.3) is 0 Å². The number of carbonyl (C=O) groups excluding carboxylic acids is 2. The SMILES string of the molecule is CCOC(=O)C=C(C)C.CCOC(=O)CC(C)(C)c1cc(Br)ccc1OC.COc1ccc(Br)cc1. The summed E-state index contributed by atoms with van der Waals surface area (Å²) in [5, 5.41) is 0. The Morgan fingerprint density at radius 1 is 0.861 bits per heavy atom. The van der Waals surface area contributed by atoms with Crippen molar-refractivity contribution in [2.45, 2.75) is 53.4 Å². The summed E-state index contributed by atoms with van der Waals surface area (Å²) in [4.78, 5) is 22.2. The maximum atomic E-state index is 11.6. The molecule has 0 atom stereocenters. The Morgan fingerprint density at radius 2 is 1.42 bits per heavy atom. The predicted octanol–water partition coefficient (Wildman–Crippen LogP) is 7.66. The molecule has 0 spiro atoms. The van der Waals surface area contributed by atoms with Gasteiger partial charge in [0, 0.05) is 26.0 Å². The lowest BCUT2D eigenvalue weighted by atomic mass is 9.81. The van der Waals surface area contributed by atoms with Gasteiger partial charge in [-0.25, -0.2) is 4.79 Å². The van der Waals surface area contributed by atoms with Crippen LogP contribution in [0, 0.1) is 0 Å². The Balaban J connectivity index is 0.000000570. The standard InChI is InChI=1S/C14H19BrO3.C7H7BrO.C7H12O2/c1-5-18-13(16)9-14(2,3)11-8-10(15)6-7-12(11)17-4;1-9-7-4-2-6(8)3-5-7;1-4-9-7(8)5-6(2)3/h6-8H,5,9H2,1-4H3;2-5H,1H3;5H,4H2,1-3H3. The Bertz CT molecular complexity index is 965. The molecule has 8 heteroatoms. The molecule has 0 bridgehead atoms. The van der Waals surface area contributed by atoms with Gasteiger partial charge in [0.2, 0.25) is 0 Å². The minimum atomic E-state index is -0.332. The predicted molar refractivity (Wildman–Crippen MR) is 152 cm³/mol. The molecule has 0 fully saturated rings. The number of hydrogen-bond acceptors (Lipinski definition) is 6.